The first kappa shape index (κ1) is 17.8. The molecule has 0 saturated carbocycles. The van der Waals surface area contributed by atoms with E-state index in [2.05, 4.69) is 19.2 Å². The summed E-state index contributed by atoms with van der Waals surface area (Å²) >= 11 is 0. The van der Waals surface area contributed by atoms with Gasteiger partial charge in [-0.3, -0.25) is 0 Å². The van der Waals surface area contributed by atoms with E-state index in [-0.39, 0.29) is 0 Å². The van der Waals surface area contributed by atoms with Crippen molar-refractivity contribution in [3.8, 4) is 0 Å². The number of hydrogen-bond acceptors (Lipinski definition) is 2. The average molecular weight is 265 g/mol. The maximum Gasteiger partial charge on any atom is 0.261 e. The minimum atomic E-state index is -2.36. The third kappa shape index (κ3) is 9.77. The highest BCUT2D eigenvalue weighted by atomic mass is 19.3. The van der Waals surface area contributed by atoms with Crippen molar-refractivity contribution < 1.29 is 13.5 Å². The Morgan fingerprint density at radius 1 is 1.17 bits per heavy atom. The zero-order valence-corrected chi connectivity index (χ0v) is 12.1. The van der Waals surface area contributed by atoms with E-state index in [1.54, 1.807) is 0 Å². The first-order chi connectivity index (χ1) is 8.63. The van der Waals surface area contributed by atoms with Crippen LogP contribution in [0, 0.1) is 5.92 Å². The van der Waals surface area contributed by atoms with Crippen LogP contribution in [0.25, 0.3) is 0 Å². The van der Waals surface area contributed by atoms with Crippen molar-refractivity contribution in [2.75, 3.05) is 20.3 Å². The minimum Gasteiger partial charge on any atom is -0.375 e. The molecular formula is C14H29F2NO. The van der Waals surface area contributed by atoms with Crippen LogP contribution in [0.1, 0.15) is 52.4 Å². The predicted octanol–water partition coefficient (Wildman–Crippen LogP) is 3.85. The zero-order chi connectivity index (χ0) is 13.8. The number of unbranched alkanes of at least 4 members (excludes halogenated alkanes) is 1. The highest BCUT2D eigenvalue weighted by molar-refractivity contribution is 4.70. The van der Waals surface area contributed by atoms with E-state index in [1.807, 2.05) is 7.05 Å². The smallest absolute Gasteiger partial charge is 0.261 e. The predicted molar refractivity (Wildman–Crippen MR) is 72.2 cm³/mol. The first-order valence-corrected chi connectivity index (χ1v) is 7.17. The molecule has 0 aliphatic heterocycles. The van der Waals surface area contributed by atoms with Gasteiger partial charge in [0.15, 0.2) is 0 Å². The van der Waals surface area contributed by atoms with E-state index in [4.69, 9.17) is 4.74 Å². The molecule has 0 saturated heterocycles. The third-order valence-electron chi connectivity index (χ3n) is 3.42. The molecule has 18 heavy (non-hydrogen) atoms. The van der Waals surface area contributed by atoms with Crippen LogP contribution in [0.2, 0.25) is 0 Å². The molecule has 0 heterocycles. The van der Waals surface area contributed by atoms with Crippen molar-refractivity contribution in [2.24, 2.45) is 5.92 Å². The van der Waals surface area contributed by atoms with Gasteiger partial charge in [0.2, 0.25) is 0 Å². The molecule has 0 fully saturated rings. The highest BCUT2D eigenvalue weighted by Gasteiger charge is 2.14. The summed E-state index contributed by atoms with van der Waals surface area (Å²) in [5.74, 6) is 0.734. The Morgan fingerprint density at radius 2 is 1.89 bits per heavy atom. The number of hydrogen-bond donors (Lipinski definition) is 1. The lowest BCUT2D eigenvalue weighted by Crippen LogP contribution is -2.29. The van der Waals surface area contributed by atoms with Gasteiger partial charge in [0, 0.05) is 12.6 Å². The third-order valence-corrected chi connectivity index (χ3v) is 3.42. The fraction of sp³-hybridized carbons (Fsp3) is 1.00. The molecule has 0 aromatic rings. The lowest BCUT2D eigenvalue weighted by Gasteiger charge is -2.22. The van der Waals surface area contributed by atoms with E-state index < -0.39 is 13.0 Å². The van der Waals surface area contributed by atoms with E-state index in [9.17, 15) is 8.78 Å². The van der Waals surface area contributed by atoms with Crippen molar-refractivity contribution in [1.29, 1.82) is 0 Å². The van der Waals surface area contributed by atoms with Crippen LogP contribution >= 0.6 is 0 Å². The van der Waals surface area contributed by atoms with Gasteiger partial charge in [0.05, 0.1) is 0 Å². The summed E-state index contributed by atoms with van der Waals surface area (Å²) in [5, 5.41) is 3.26. The second-order valence-corrected chi connectivity index (χ2v) is 4.89. The molecule has 0 aromatic carbocycles. The normalized spacial score (nSPS) is 15.0. The molecule has 0 spiro atoms. The van der Waals surface area contributed by atoms with Gasteiger partial charge in [0.25, 0.3) is 6.43 Å². The quantitative estimate of drug-likeness (QED) is 0.541. The Kier molecular flexibility index (Phi) is 11.7. The van der Waals surface area contributed by atoms with Crippen molar-refractivity contribution in [3.05, 3.63) is 0 Å². The topological polar surface area (TPSA) is 21.3 Å². The van der Waals surface area contributed by atoms with Crippen LogP contribution in [0.5, 0.6) is 0 Å². The maximum absolute atomic E-state index is 11.9. The molecule has 0 aromatic heterocycles. The number of rotatable bonds is 12. The van der Waals surface area contributed by atoms with Gasteiger partial charge in [-0.05, 0) is 25.8 Å². The summed E-state index contributed by atoms with van der Waals surface area (Å²) in [5.41, 5.74) is 0. The number of halogens is 2. The number of ether oxygens (including phenoxy) is 1. The highest BCUT2D eigenvalue weighted by Crippen LogP contribution is 2.19. The van der Waals surface area contributed by atoms with E-state index in [0.29, 0.717) is 12.6 Å². The Bertz CT molecular complexity index is 179. The SMILES string of the molecule is CCCCC(CC)CC(CCOCC(F)F)NC. The Morgan fingerprint density at radius 3 is 2.39 bits per heavy atom. The average Bonchev–Trinajstić information content (AvgIpc) is 2.36. The molecule has 110 valence electrons. The van der Waals surface area contributed by atoms with Crippen LogP contribution in [0.4, 0.5) is 8.78 Å². The summed E-state index contributed by atoms with van der Waals surface area (Å²) in [6.45, 7) is 4.41. The van der Waals surface area contributed by atoms with Gasteiger partial charge in [-0.15, -0.1) is 0 Å². The Labute approximate surface area is 110 Å². The second-order valence-electron chi connectivity index (χ2n) is 4.89. The van der Waals surface area contributed by atoms with Gasteiger partial charge >= 0.3 is 0 Å². The Hall–Kier alpha value is -0.220. The first-order valence-electron chi connectivity index (χ1n) is 7.17. The molecular weight excluding hydrogens is 236 g/mol. The standard InChI is InChI=1S/C14H29F2NO/c1-4-6-7-12(5-2)10-13(17-3)8-9-18-11-14(15)16/h12-14,17H,4-11H2,1-3H3. The molecule has 0 bridgehead atoms. The molecule has 0 rings (SSSR count). The molecule has 2 nitrogen and oxygen atoms in total. The maximum atomic E-state index is 11.9. The van der Waals surface area contributed by atoms with Crippen LogP contribution in [0.15, 0.2) is 0 Å². The Balaban J connectivity index is 3.78. The fourth-order valence-electron chi connectivity index (χ4n) is 2.16. The van der Waals surface area contributed by atoms with Crippen molar-refractivity contribution >= 4 is 0 Å². The molecule has 0 radical (unpaired) electrons. The lowest BCUT2D eigenvalue weighted by atomic mass is 9.91. The summed E-state index contributed by atoms with van der Waals surface area (Å²) in [7, 11) is 1.93. The van der Waals surface area contributed by atoms with Crippen LogP contribution in [-0.2, 0) is 4.74 Å². The van der Waals surface area contributed by atoms with Crippen LogP contribution < -0.4 is 5.32 Å². The van der Waals surface area contributed by atoms with Gasteiger partial charge < -0.3 is 10.1 Å². The van der Waals surface area contributed by atoms with Gasteiger partial charge in [-0.25, -0.2) is 8.78 Å². The zero-order valence-electron chi connectivity index (χ0n) is 12.1. The molecule has 1 N–H and O–H groups in total. The van der Waals surface area contributed by atoms with Crippen molar-refractivity contribution in [2.45, 2.75) is 64.8 Å². The molecule has 0 amide bonds. The molecule has 0 aliphatic carbocycles. The monoisotopic (exact) mass is 265 g/mol. The molecule has 2 atom stereocenters. The van der Waals surface area contributed by atoms with Crippen molar-refractivity contribution in [3.63, 3.8) is 0 Å². The summed E-state index contributed by atoms with van der Waals surface area (Å²) in [6.07, 6.45) is 4.54. The van der Waals surface area contributed by atoms with Crippen LogP contribution in [-0.4, -0.2) is 32.7 Å². The summed E-state index contributed by atoms with van der Waals surface area (Å²) < 4.78 is 28.7. The molecule has 4 heteroatoms. The van der Waals surface area contributed by atoms with Gasteiger partial charge in [0.1, 0.15) is 6.61 Å². The van der Waals surface area contributed by atoms with E-state index >= 15 is 0 Å². The lowest BCUT2D eigenvalue weighted by molar-refractivity contribution is 0.0139. The van der Waals surface area contributed by atoms with E-state index in [0.717, 1.165) is 18.8 Å². The molecule has 0 aliphatic rings. The van der Waals surface area contributed by atoms with E-state index in [1.165, 1.54) is 25.7 Å². The summed E-state index contributed by atoms with van der Waals surface area (Å²) in [6, 6.07) is 0.379. The minimum absolute atomic E-state index is 0.379. The van der Waals surface area contributed by atoms with Crippen LogP contribution in [0.3, 0.4) is 0 Å². The fourth-order valence-corrected chi connectivity index (χ4v) is 2.16. The number of nitrogens with one attached hydrogen (secondary N) is 1. The second kappa shape index (κ2) is 11.8. The largest absolute Gasteiger partial charge is 0.375 e. The summed E-state index contributed by atoms with van der Waals surface area (Å²) in [4.78, 5) is 0. The van der Waals surface area contributed by atoms with Crippen molar-refractivity contribution in [1.82, 2.24) is 5.32 Å². The van der Waals surface area contributed by atoms with Gasteiger partial charge in [-0.2, -0.15) is 0 Å². The number of alkyl halides is 2. The van der Waals surface area contributed by atoms with Gasteiger partial charge in [-0.1, -0.05) is 39.5 Å². The molecule has 2 unspecified atom stereocenters.